The van der Waals surface area contributed by atoms with E-state index < -0.39 is 0 Å². The van der Waals surface area contributed by atoms with Gasteiger partial charge in [-0.15, -0.1) is 24.0 Å². The molecule has 1 atom stereocenters. The van der Waals surface area contributed by atoms with Crippen LogP contribution in [0.1, 0.15) is 48.4 Å². The van der Waals surface area contributed by atoms with Gasteiger partial charge in [0.15, 0.2) is 11.7 Å². The van der Waals surface area contributed by atoms with Gasteiger partial charge in [-0.1, -0.05) is 30.3 Å². The van der Waals surface area contributed by atoms with Gasteiger partial charge in [0.25, 0.3) is 5.91 Å². The standard InChI is InChI=1S/C22H32N4O2.HI/c1-4-23-22(26-18(3)11-12-19-9-6-5-7-10-19)25-15-8-14-24-21(27)20-17(2)13-16-28-20;/h5-7,9-10,13,16,18H,4,8,11-12,14-15H2,1-3H3,(H,24,27)(H2,23,25,26);1H. The average Bonchev–Trinajstić information content (AvgIpc) is 3.13. The third-order valence-electron chi connectivity index (χ3n) is 4.39. The largest absolute Gasteiger partial charge is 0.459 e. The molecule has 1 aromatic carbocycles. The van der Waals surface area contributed by atoms with Crippen LogP contribution in [-0.2, 0) is 6.42 Å². The van der Waals surface area contributed by atoms with Crippen molar-refractivity contribution in [3.8, 4) is 0 Å². The van der Waals surface area contributed by atoms with Crippen molar-refractivity contribution in [3.63, 3.8) is 0 Å². The number of hydrogen-bond acceptors (Lipinski definition) is 3. The summed E-state index contributed by atoms with van der Waals surface area (Å²) in [6.45, 7) is 8.09. The zero-order chi connectivity index (χ0) is 20.2. The first kappa shape index (κ1) is 25.0. The molecule has 0 aliphatic rings. The maximum atomic E-state index is 12.0. The maximum Gasteiger partial charge on any atom is 0.287 e. The SMILES string of the molecule is CCNC(=NCCCNC(=O)c1occc1C)NC(C)CCc1ccccc1.I. The number of aryl methyl sites for hydroxylation is 2. The molecule has 0 aliphatic heterocycles. The van der Waals surface area contributed by atoms with Crippen LogP contribution >= 0.6 is 24.0 Å². The molecule has 7 heteroatoms. The van der Waals surface area contributed by atoms with Crippen LogP contribution in [0.3, 0.4) is 0 Å². The number of furan rings is 1. The zero-order valence-corrected chi connectivity index (χ0v) is 19.9. The fourth-order valence-electron chi connectivity index (χ4n) is 2.81. The molecule has 160 valence electrons. The molecular formula is C22H33IN4O2. The van der Waals surface area contributed by atoms with E-state index in [1.165, 1.54) is 11.8 Å². The Morgan fingerprint density at radius 3 is 2.59 bits per heavy atom. The summed E-state index contributed by atoms with van der Waals surface area (Å²) in [7, 11) is 0. The number of rotatable bonds is 10. The number of hydrogen-bond donors (Lipinski definition) is 3. The molecule has 0 fully saturated rings. The molecule has 29 heavy (non-hydrogen) atoms. The minimum Gasteiger partial charge on any atom is -0.459 e. The van der Waals surface area contributed by atoms with Crippen LogP contribution in [0.5, 0.6) is 0 Å². The van der Waals surface area contributed by atoms with E-state index in [9.17, 15) is 4.79 Å². The van der Waals surface area contributed by atoms with Gasteiger partial charge in [0, 0.05) is 31.2 Å². The van der Waals surface area contributed by atoms with Gasteiger partial charge >= 0.3 is 0 Å². The van der Waals surface area contributed by atoms with Crippen LogP contribution in [0.2, 0.25) is 0 Å². The van der Waals surface area contributed by atoms with Crippen LogP contribution in [0.25, 0.3) is 0 Å². The monoisotopic (exact) mass is 512 g/mol. The first-order chi connectivity index (χ1) is 13.6. The molecule has 1 aromatic heterocycles. The van der Waals surface area contributed by atoms with E-state index in [0.29, 0.717) is 24.9 Å². The van der Waals surface area contributed by atoms with Gasteiger partial charge in [-0.3, -0.25) is 9.79 Å². The van der Waals surface area contributed by atoms with Gasteiger partial charge in [-0.05, 0) is 51.7 Å². The highest BCUT2D eigenvalue weighted by molar-refractivity contribution is 14.0. The van der Waals surface area contributed by atoms with Crippen molar-refractivity contribution in [2.45, 2.75) is 46.1 Å². The van der Waals surface area contributed by atoms with Crippen molar-refractivity contribution in [2.24, 2.45) is 4.99 Å². The second-order valence-electron chi connectivity index (χ2n) is 6.87. The lowest BCUT2D eigenvalue weighted by Gasteiger charge is -2.18. The molecule has 3 N–H and O–H groups in total. The summed E-state index contributed by atoms with van der Waals surface area (Å²) in [4.78, 5) is 16.6. The number of halogens is 1. The third kappa shape index (κ3) is 9.34. The number of carbonyl (C=O) groups is 1. The zero-order valence-electron chi connectivity index (χ0n) is 17.5. The van der Waals surface area contributed by atoms with Gasteiger partial charge in [-0.2, -0.15) is 0 Å². The Hall–Kier alpha value is -2.03. The fourth-order valence-corrected chi connectivity index (χ4v) is 2.81. The van der Waals surface area contributed by atoms with E-state index in [0.717, 1.165) is 37.3 Å². The normalized spacial score (nSPS) is 12.0. The van der Waals surface area contributed by atoms with Gasteiger partial charge < -0.3 is 20.4 Å². The molecule has 0 spiro atoms. The van der Waals surface area contributed by atoms with Crippen LogP contribution in [-0.4, -0.2) is 37.5 Å². The minimum absolute atomic E-state index is 0. The predicted octanol–water partition coefficient (Wildman–Crippen LogP) is 3.90. The Morgan fingerprint density at radius 2 is 1.93 bits per heavy atom. The average molecular weight is 512 g/mol. The highest BCUT2D eigenvalue weighted by atomic mass is 127. The number of carbonyl (C=O) groups excluding carboxylic acids is 1. The van der Waals surface area contributed by atoms with Crippen LogP contribution in [0.4, 0.5) is 0 Å². The smallest absolute Gasteiger partial charge is 0.287 e. The van der Waals surface area contributed by atoms with E-state index in [1.807, 2.05) is 13.0 Å². The van der Waals surface area contributed by atoms with E-state index in [4.69, 9.17) is 4.42 Å². The number of nitrogens with one attached hydrogen (secondary N) is 3. The molecule has 2 rings (SSSR count). The summed E-state index contributed by atoms with van der Waals surface area (Å²) >= 11 is 0. The van der Waals surface area contributed by atoms with Gasteiger partial charge in [0.2, 0.25) is 0 Å². The van der Waals surface area contributed by atoms with Gasteiger partial charge in [0.05, 0.1) is 6.26 Å². The topological polar surface area (TPSA) is 78.7 Å². The summed E-state index contributed by atoms with van der Waals surface area (Å²) in [5, 5.41) is 9.60. The van der Waals surface area contributed by atoms with E-state index >= 15 is 0 Å². The van der Waals surface area contributed by atoms with Crippen LogP contribution in [0.15, 0.2) is 52.1 Å². The number of benzene rings is 1. The van der Waals surface area contributed by atoms with Crippen molar-refractivity contribution in [1.82, 2.24) is 16.0 Å². The number of nitrogens with zero attached hydrogens (tertiary/aromatic N) is 1. The van der Waals surface area contributed by atoms with Crippen molar-refractivity contribution in [1.29, 1.82) is 0 Å². The lowest BCUT2D eigenvalue weighted by atomic mass is 10.1. The summed E-state index contributed by atoms with van der Waals surface area (Å²) in [5.41, 5.74) is 2.19. The van der Waals surface area contributed by atoms with E-state index in [1.54, 1.807) is 6.07 Å². The molecule has 2 aromatic rings. The van der Waals surface area contributed by atoms with Crippen LogP contribution in [0, 0.1) is 6.92 Å². The van der Waals surface area contributed by atoms with Gasteiger partial charge in [-0.25, -0.2) is 0 Å². The van der Waals surface area contributed by atoms with E-state index in [2.05, 4.69) is 59.1 Å². The van der Waals surface area contributed by atoms with Crippen molar-refractivity contribution in [3.05, 3.63) is 59.5 Å². The predicted molar refractivity (Wildman–Crippen MR) is 129 cm³/mol. The summed E-state index contributed by atoms with van der Waals surface area (Å²) in [5.74, 6) is 1.02. The summed E-state index contributed by atoms with van der Waals surface area (Å²) < 4.78 is 5.19. The lowest BCUT2D eigenvalue weighted by Crippen LogP contribution is -2.42. The first-order valence-corrected chi connectivity index (χ1v) is 10.0. The lowest BCUT2D eigenvalue weighted by molar-refractivity contribution is 0.0925. The number of guanidine groups is 1. The number of amides is 1. The van der Waals surface area contributed by atoms with Crippen molar-refractivity contribution in [2.75, 3.05) is 19.6 Å². The quantitative estimate of drug-likeness (QED) is 0.195. The molecule has 0 radical (unpaired) electrons. The third-order valence-corrected chi connectivity index (χ3v) is 4.39. The Morgan fingerprint density at radius 1 is 1.17 bits per heavy atom. The molecule has 1 amide bonds. The van der Waals surface area contributed by atoms with E-state index in [-0.39, 0.29) is 29.9 Å². The Bertz CT molecular complexity index is 746. The van der Waals surface area contributed by atoms with Gasteiger partial charge in [0.1, 0.15) is 0 Å². The highest BCUT2D eigenvalue weighted by Crippen LogP contribution is 2.08. The minimum atomic E-state index is -0.175. The number of aliphatic imine (C=N–C) groups is 1. The molecule has 1 heterocycles. The maximum absolute atomic E-state index is 12.0. The molecule has 6 nitrogen and oxygen atoms in total. The van der Waals surface area contributed by atoms with Crippen LogP contribution < -0.4 is 16.0 Å². The van der Waals surface area contributed by atoms with Crippen molar-refractivity contribution < 1.29 is 9.21 Å². The molecule has 0 aliphatic carbocycles. The molecule has 1 unspecified atom stereocenters. The first-order valence-electron chi connectivity index (χ1n) is 10.0. The fraction of sp³-hybridized carbons (Fsp3) is 0.455. The second kappa shape index (κ2) is 14.0. The van der Waals surface area contributed by atoms with Crippen molar-refractivity contribution >= 4 is 35.8 Å². The molecule has 0 saturated heterocycles. The summed E-state index contributed by atoms with van der Waals surface area (Å²) in [6.07, 6.45) is 4.36. The highest BCUT2D eigenvalue weighted by Gasteiger charge is 2.11. The Kier molecular flexibility index (Phi) is 12.1. The molecule has 0 saturated carbocycles. The molecular weight excluding hydrogens is 479 g/mol. The Labute approximate surface area is 191 Å². The summed E-state index contributed by atoms with van der Waals surface area (Å²) in [6, 6.07) is 12.6. The second-order valence-corrected chi connectivity index (χ2v) is 6.87. The Balaban J connectivity index is 0.00000420. The molecule has 0 bridgehead atoms.